The molecule has 2 aromatic carbocycles. The molecule has 0 unspecified atom stereocenters. The van der Waals surface area contributed by atoms with Crippen molar-refractivity contribution in [3.63, 3.8) is 0 Å². The van der Waals surface area contributed by atoms with Crippen LogP contribution < -0.4 is 4.74 Å². The number of aldehydes is 1. The number of carbonyl (C=O) groups is 2. The second-order valence-electron chi connectivity index (χ2n) is 4.50. The van der Waals surface area contributed by atoms with Gasteiger partial charge in [-0.05, 0) is 17.7 Å². The maximum atomic E-state index is 12.0. The second-order valence-corrected chi connectivity index (χ2v) is 4.50. The predicted molar refractivity (Wildman–Crippen MR) is 84.7 cm³/mol. The maximum Gasteiger partial charge on any atom is 0.342 e. The summed E-state index contributed by atoms with van der Waals surface area (Å²) in [4.78, 5) is 23.6. The summed E-state index contributed by atoms with van der Waals surface area (Å²) in [6.07, 6.45) is 2.43. The van der Waals surface area contributed by atoms with Crippen LogP contribution in [0.1, 0.15) is 21.5 Å². The van der Waals surface area contributed by atoms with Crippen LogP contribution >= 0.6 is 0 Å². The van der Waals surface area contributed by atoms with Gasteiger partial charge in [-0.3, -0.25) is 4.79 Å². The third-order valence-electron chi connectivity index (χ3n) is 3.20. The van der Waals surface area contributed by atoms with E-state index in [-0.39, 0.29) is 5.56 Å². The van der Waals surface area contributed by atoms with Gasteiger partial charge in [-0.1, -0.05) is 42.5 Å². The monoisotopic (exact) mass is 296 g/mol. The first-order valence-corrected chi connectivity index (χ1v) is 6.69. The molecule has 0 bridgehead atoms. The third kappa shape index (κ3) is 3.23. The van der Waals surface area contributed by atoms with E-state index >= 15 is 0 Å². The van der Waals surface area contributed by atoms with E-state index in [0.29, 0.717) is 23.2 Å². The molecule has 2 aromatic rings. The molecule has 0 amide bonds. The summed E-state index contributed by atoms with van der Waals surface area (Å²) in [6, 6.07) is 14.5. The third-order valence-corrected chi connectivity index (χ3v) is 3.20. The summed E-state index contributed by atoms with van der Waals surface area (Å²) in [5.74, 6) is -0.182. The standard InChI is InChI=1S/C18H16O4/c1-21-16-10-6-9-15(17(16)18(20)22-2)14(12-19)11-13-7-4-3-5-8-13/h3-12H,1-2H3. The average molecular weight is 296 g/mol. The van der Waals surface area contributed by atoms with Crippen LogP contribution in [0.2, 0.25) is 0 Å². The molecule has 0 aliphatic heterocycles. The summed E-state index contributed by atoms with van der Waals surface area (Å²) in [5.41, 5.74) is 1.96. The highest BCUT2D eigenvalue weighted by Gasteiger charge is 2.20. The van der Waals surface area contributed by atoms with Gasteiger partial charge in [0.2, 0.25) is 0 Å². The van der Waals surface area contributed by atoms with Crippen molar-refractivity contribution in [2.24, 2.45) is 0 Å². The Morgan fingerprint density at radius 2 is 1.73 bits per heavy atom. The fourth-order valence-corrected chi connectivity index (χ4v) is 2.16. The molecule has 0 saturated carbocycles. The van der Waals surface area contributed by atoms with Crippen molar-refractivity contribution in [1.82, 2.24) is 0 Å². The molecule has 2 rings (SSSR count). The number of allylic oxidation sites excluding steroid dienone is 1. The fourth-order valence-electron chi connectivity index (χ4n) is 2.16. The highest BCUT2D eigenvalue weighted by molar-refractivity contribution is 6.17. The van der Waals surface area contributed by atoms with Crippen LogP contribution in [0.4, 0.5) is 0 Å². The first-order chi connectivity index (χ1) is 10.7. The largest absolute Gasteiger partial charge is 0.496 e. The van der Waals surface area contributed by atoms with Crippen LogP contribution in [0.5, 0.6) is 5.75 Å². The molecule has 0 atom stereocenters. The van der Waals surface area contributed by atoms with E-state index < -0.39 is 5.97 Å². The Kier molecular flexibility index (Phi) is 5.09. The Labute approximate surface area is 129 Å². The minimum Gasteiger partial charge on any atom is -0.496 e. The van der Waals surface area contributed by atoms with Gasteiger partial charge in [-0.2, -0.15) is 0 Å². The van der Waals surface area contributed by atoms with Crippen molar-refractivity contribution in [2.75, 3.05) is 14.2 Å². The molecule has 0 aliphatic carbocycles. The van der Waals surface area contributed by atoms with Gasteiger partial charge in [0, 0.05) is 11.1 Å². The van der Waals surface area contributed by atoms with Crippen molar-refractivity contribution in [3.8, 4) is 5.75 Å². The molecule has 4 nitrogen and oxygen atoms in total. The van der Waals surface area contributed by atoms with Gasteiger partial charge in [-0.15, -0.1) is 0 Å². The van der Waals surface area contributed by atoms with Crippen LogP contribution in [0.15, 0.2) is 48.5 Å². The average Bonchev–Trinajstić information content (AvgIpc) is 2.59. The molecule has 4 heteroatoms. The Hall–Kier alpha value is -2.88. The quantitative estimate of drug-likeness (QED) is 0.368. The van der Waals surface area contributed by atoms with Crippen molar-refractivity contribution in [1.29, 1.82) is 0 Å². The van der Waals surface area contributed by atoms with E-state index in [1.165, 1.54) is 14.2 Å². The number of esters is 1. The Morgan fingerprint density at radius 1 is 1.00 bits per heavy atom. The fraction of sp³-hybridized carbons (Fsp3) is 0.111. The zero-order valence-corrected chi connectivity index (χ0v) is 12.4. The lowest BCUT2D eigenvalue weighted by molar-refractivity contribution is -0.103. The molecule has 0 spiro atoms. The van der Waals surface area contributed by atoms with Gasteiger partial charge in [0.1, 0.15) is 11.3 Å². The predicted octanol–water partition coefficient (Wildman–Crippen LogP) is 3.22. The SMILES string of the molecule is COC(=O)c1c(OC)cccc1C(C=O)=Cc1ccccc1. The zero-order chi connectivity index (χ0) is 15.9. The van der Waals surface area contributed by atoms with E-state index in [2.05, 4.69) is 0 Å². The smallest absolute Gasteiger partial charge is 0.342 e. The van der Waals surface area contributed by atoms with Crippen molar-refractivity contribution in [2.45, 2.75) is 0 Å². The van der Waals surface area contributed by atoms with Gasteiger partial charge in [0.05, 0.1) is 14.2 Å². The van der Waals surface area contributed by atoms with Crippen LogP contribution in [0.3, 0.4) is 0 Å². The molecule has 0 aliphatic rings. The summed E-state index contributed by atoms with van der Waals surface area (Å²) >= 11 is 0. The summed E-state index contributed by atoms with van der Waals surface area (Å²) in [6.45, 7) is 0. The molecule has 0 fully saturated rings. The lowest BCUT2D eigenvalue weighted by Gasteiger charge is -2.12. The number of benzene rings is 2. The Balaban J connectivity index is 2.61. The second kappa shape index (κ2) is 7.22. The molecule has 0 N–H and O–H groups in total. The number of ether oxygens (including phenoxy) is 2. The van der Waals surface area contributed by atoms with Crippen molar-refractivity contribution in [3.05, 3.63) is 65.2 Å². The molecule has 112 valence electrons. The molecule has 0 saturated heterocycles. The molecular formula is C18H16O4. The lowest BCUT2D eigenvalue weighted by Crippen LogP contribution is -2.08. The van der Waals surface area contributed by atoms with E-state index in [4.69, 9.17) is 9.47 Å². The van der Waals surface area contributed by atoms with Gasteiger partial charge < -0.3 is 9.47 Å². The molecule has 0 radical (unpaired) electrons. The number of hydrogen-bond acceptors (Lipinski definition) is 4. The topological polar surface area (TPSA) is 52.6 Å². The van der Waals surface area contributed by atoms with Gasteiger partial charge in [0.25, 0.3) is 0 Å². The zero-order valence-electron chi connectivity index (χ0n) is 12.4. The van der Waals surface area contributed by atoms with Crippen LogP contribution in [-0.2, 0) is 9.53 Å². The minimum atomic E-state index is -0.548. The van der Waals surface area contributed by atoms with Gasteiger partial charge in [-0.25, -0.2) is 4.79 Å². The van der Waals surface area contributed by atoms with Gasteiger partial charge in [0.15, 0.2) is 6.29 Å². The van der Waals surface area contributed by atoms with Crippen molar-refractivity contribution >= 4 is 23.9 Å². The molecule has 0 aromatic heterocycles. The molecule has 22 heavy (non-hydrogen) atoms. The number of methoxy groups -OCH3 is 2. The van der Waals surface area contributed by atoms with Crippen molar-refractivity contribution < 1.29 is 19.1 Å². The van der Waals surface area contributed by atoms with E-state index in [1.807, 2.05) is 30.3 Å². The van der Waals surface area contributed by atoms with Gasteiger partial charge >= 0.3 is 5.97 Å². The van der Waals surface area contributed by atoms with E-state index in [0.717, 1.165) is 5.56 Å². The summed E-state index contributed by atoms with van der Waals surface area (Å²) in [7, 11) is 2.76. The van der Waals surface area contributed by atoms with E-state index in [1.54, 1.807) is 24.3 Å². The minimum absolute atomic E-state index is 0.238. The lowest BCUT2D eigenvalue weighted by atomic mass is 9.97. The number of rotatable bonds is 5. The molecular weight excluding hydrogens is 280 g/mol. The number of carbonyl (C=O) groups excluding carboxylic acids is 2. The van der Waals surface area contributed by atoms with Crippen LogP contribution in [0, 0.1) is 0 Å². The summed E-state index contributed by atoms with van der Waals surface area (Å²) < 4.78 is 10.0. The summed E-state index contributed by atoms with van der Waals surface area (Å²) in [5, 5.41) is 0. The maximum absolute atomic E-state index is 12.0. The van der Waals surface area contributed by atoms with Crippen LogP contribution in [0.25, 0.3) is 11.6 Å². The van der Waals surface area contributed by atoms with Crippen LogP contribution in [-0.4, -0.2) is 26.5 Å². The highest BCUT2D eigenvalue weighted by Crippen LogP contribution is 2.28. The first kappa shape index (κ1) is 15.5. The normalized spacial score (nSPS) is 10.9. The van der Waals surface area contributed by atoms with E-state index in [9.17, 15) is 9.59 Å². The number of hydrogen-bond donors (Lipinski definition) is 0. The Morgan fingerprint density at radius 3 is 2.32 bits per heavy atom. The Bertz CT molecular complexity index is 702. The first-order valence-electron chi connectivity index (χ1n) is 6.69. The highest BCUT2D eigenvalue weighted by atomic mass is 16.5. The molecule has 0 heterocycles.